The Balaban J connectivity index is 2.07. The number of carboxylic acid groups (broad SMARTS) is 2. The second-order valence-electron chi connectivity index (χ2n) is 6.10. The van der Waals surface area contributed by atoms with Crippen LogP contribution >= 0.6 is 0 Å². The van der Waals surface area contributed by atoms with Crippen LogP contribution in [0.1, 0.15) is 20.7 Å². The average Bonchev–Trinajstić information content (AvgIpc) is 2.62. The summed E-state index contributed by atoms with van der Waals surface area (Å²) < 4.78 is 0. The van der Waals surface area contributed by atoms with Crippen LogP contribution in [-0.4, -0.2) is 32.4 Å². The van der Waals surface area contributed by atoms with Gasteiger partial charge >= 0.3 is 11.9 Å². The van der Waals surface area contributed by atoms with Crippen LogP contribution < -0.4 is 11.5 Å². The third-order valence-electron chi connectivity index (χ3n) is 4.30. The fourth-order valence-electron chi connectivity index (χ4n) is 2.89. The molecule has 0 unspecified atom stereocenters. The molecule has 3 aromatic carbocycles. The minimum atomic E-state index is -1.25. The number of phenols is 2. The summed E-state index contributed by atoms with van der Waals surface area (Å²) in [6, 6.07) is 11.2. The summed E-state index contributed by atoms with van der Waals surface area (Å²) in [6.45, 7) is 0. The molecule has 8 heteroatoms. The third-order valence-corrected chi connectivity index (χ3v) is 4.30. The Morgan fingerprint density at radius 3 is 1.29 bits per heavy atom. The topological polar surface area (TPSA) is 167 Å². The molecule has 0 spiro atoms. The molecule has 0 saturated carbocycles. The molecule has 0 aliphatic rings. The first-order valence-corrected chi connectivity index (χ1v) is 8.01. The lowest BCUT2D eigenvalue weighted by Gasteiger charge is -2.14. The number of aromatic hydroxyl groups is 2. The number of benzene rings is 3. The highest BCUT2D eigenvalue weighted by Crippen LogP contribution is 2.38. The van der Waals surface area contributed by atoms with Gasteiger partial charge in [-0.3, -0.25) is 0 Å². The lowest BCUT2D eigenvalue weighted by Crippen LogP contribution is -2.00. The van der Waals surface area contributed by atoms with Gasteiger partial charge in [-0.15, -0.1) is 0 Å². The van der Waals surface area contributed by atoms with Crippen LogP contribution in [0.2, 0.25) is 0 Å². The molecule has 142 valence electrons. The van der Waals surface area contributed by atoms with E-state index in [1.807, 2.05) is 0 Å². The molecule has 8 nitrogen and oxygen atoms in total. The van der Waals surface area contributed by atoms with E-state index in [0.717, 1.165) is 0 Å². The lowest BCUT2D eigenvalue weighted by molar-refractivity contribution is 0.0682. The number of hydrogen-bond acceptors (Lipinski definition) is 6. The number of rotatable bonds is 4. The fraction of sp³-hybridized carbons (Fsp3) is 0. The van der Waals surface area contributed by atoms with Crippen molar-refractivity contribution in [1.82, 2.24) is 0 Å². The van der Waals surface area contributed by atoms with E-state index in [4.69, 9.17) is 21.7 Å². The van der Waals surface area contributed by atoms with Crippen LogP contribution in [0, 0.1) is 0 Å². The number of carbonyl (C=O) groups is 2. The Bertz CT molecular complexity index is 1030. The molecule has 0 atom stereocenters. The Labute approximate surface area is 158 Å². The zero-order valence-corrected chi connectivity index (χ0v) is 14.4. The Hall–Kier alpha value is -4.20. The van der Waals surface area contributed by atoms with Gasteiger partial charge in [-0.2, -0.15) is 0 Å². The minimum Gasteiger partial charge on any atom is -0.507 e. The number of nitrogens with two attached hydrogens (primary N) is 2. The summed E-state index contributed by atoms with van der Waals surface area (Å²) in [5.74, 6) is -3.31. The molecule has 0 bridgehead atoms. The monoisotopic (exact) mass is 380 g/mol. The van der Waals surface area contributed by atoms with E-state index in [2.05, 4.69) is 0 Å². The fourth-order valence-corrected chi connectivity index (χ4v) is 2.89. The summed E-state index contributed by atoms with van der Waals surface area (Å²) in [4.78, 5) is 22.0. The zero-order valence-electron chi connectivity index (χ0n) is 14.4. The van der Waals surface area contributed by atoms with Crippen molar-refractivity contribution in [1.29, 1.82) is 0 Å². The van der Waals surface area contributed by atoms with E-state index in [0.29, 0.717) is 33.6 Å². The first-order chi connectivity index (χ1) is 13.2. The van der Waals surface area contributed by atoms with E-state index < -0.39 is 23.4 Å². The maximum atomic E-state index is 11.0. The molecule has 0 fully saturated rings. The van der Waals surface area contributed by atoms with Gasteiger partial charge in [0.25, 0.3) is 0 Å². The van der Waals surface area contributed by atoms with Gasteiger partial charge in [0, 0.05) is 22.5 Å². The van der Waals surface area contributed by atoms with E-state index in [9.17, 15) is 19.8 Å². The summed E-state index contributed by atoms with van der Waals surface area (Å²) in [5.41, 5.74) is 14.3. The molecule has 8 N–H and O–H groups in total. The Morgan fingerprint density at radius 2 is 1.00 bits per heavy atom. The highest BCUT2D eigenvalue weighted by Gasteiger charge is 2.16. The Kier molecular flexibility index (Phi) is 4.54. The van der Waals surface area contributed by atoms with Gasteiger partial charge in [0.05, 0.1) is 0 Å². The molecule has 0 radical (unpaired) electrons. The predicted octanol–water partition coefficient (Wildman–Crippen LogP) is 2.99. The number of anilines is 2. The summed E-state index contributed by atoms with van der Waals surface area (Å²) in [5, 5.41) is 37.8. The maximum absolute atomic E-state index is 11.0. The first-order valence-electron chi connectivity index (χ1n) is 8.01. The van der Waals surface area contributed by atoms with Crippen LogP contribution in [0.3, 0.4) is 0 Å². The van der Waals surface area contributed by atoms with E-state index in [1.54, 1.807) is 12.1 Å². The van der Waals surface area contributed by atoms with Crippen molar-refractivity contribution in [3.8, 4) is 33.8 Å². The van der Waals surface area contributed by atoms with Gasteiger partial charge in [-0.1, -0.05) is 12.1 Å². The first kappa shape index (κ1) is 18.6. The van der Waals surface area contributed by atoms with Crippen LogP contribution in [-0.2, 0) is 0 Å². The molecule has 3 rings (SSSR count). The lowest BCUT2D eigenvalue weighted by atomic mass is 9.95. The summed E-state index contributed by atoms with van der Waals surface area (Å²) in [6.07, 6.45) is 0. The molecule has 0 aromatic heterocycles. The molecule has 28 heavy (non-hydrogen) atoms. The normalized spacial score (nSPS) is 10.6. The van der Waals surface area contributed by atoms with Crippen LogP contribution in [0.25, 0.3) is 22.3 Å². The number of aromatic carboxylic acids is 2. The van der Waals surface area contributed by atoms with Crippen molar-refractivity contribution >= 4 is 23.3 Å². The zero-order chi connectivity index (χ0) is 20.6. The Morgan fingerprint density at radius 1 is 0.643 bits per heavy atom. The van der Waals surface area contributed by atoms with Crippen molar-refractivity contribution in [2.45, 2.75) is 0 Å². The molecule has 0 aliphatic heterocycles. The quantitative estimate of drug-likeness (QED) is 0.375. The number of carboxylic acids is 2. The minimum absolute atomic E-state index is 0.235. The summed E-state index contributed by atoms with van der Waals surface area (Å²) in [7, 11) is 0. The van der Waals surface area contributed by atoms with Crippen molar-refractivity contribution < 1.29 is 30.0 Å². The molecular weight excluding hydrogens is 364 g/mol. The highest BCUT2D eigenvalue weighted by molar-refractivity contribution is 5.95. The maximum Gasteiger partial charge on any atom is 0.339 e. The van der Waals surface area contributed by atoms with E-state index >= 15 is 0 Å². The number of hydrogen-bond donors (Lipinski definition) is 6. The van der Waals surface area contributed by atoms with E-state index in [1.165, 1.54) is 36.4 Å². The summed E-state index contributed by atoms with van der Waals surface area (Å²) >= 11 is 0. The van der Waals surface area contributed by atoms with Crippen LogP contribution in [0.15, 0.2) is 48.5 Å². The van der Waals surface area contributed by atoms with Gasteiger partial charge in [0.2, 0.25) is 0 Å². The van der Waals surface area contributed by atoms with Crippen molar-refractivity contribution in [3.63, 3.8) is 0 Å². The van der Waals surface area contributed by atoms with Crippen molar-refractivity contribution in [2.75, 3.05) is 11.5 Å². The molecular formula is C20H16N2O6. The number of nitrogen functional groups attached to an aromatic ring is 2. The molecule has 0 aliphatic carbocycles. The van der Waals surface area contributed by atoms with Gasteiger partial charge in [-0.25, -0.2) is 9.59 Å². The molecule has 3 aromatic rings. The predicted molar refractivity (Wildman–Crippen MR) is 103 cm³/mol. The average molecular weight is 380 g/mol. The second-order valence-corrected chi connectivity index (χ2v) is 6.10. The highest BCUT2D eigenvalue weighted by atomic mass is 16.4. The van der Waals surface area contributed by atoms with Crippen LogP contribution in [0.5, 0.6) is 11.5 Å². The third kappa shape index (κ3) is 3.26. The largest absolute Gasteiger partial charge is 0.507 e. The molecule has 0 amide bonds. The van der Waals surface area contributed by atoms with Crippen molar-refractivity contribution in [2.24, 2.45) is 0 Å². The van der Waals surface area contributed by atoms with Crippen LogP contribution in [0.4, 0.5) is 11.4 Å². The standard InChI is InChI=1S/C20H16N2O6/c21-15-8-14(10-2-4-12(20(27)28)18(24)6-10)16(22)7-13(15)9-1-3-11(19(25)26)17(23)5-9/h1-8,23-24H,21-22H2,(H,25,26)(H,27,28). The van der Waals surface area contributed by atoms with Gasteiger partial charge in [-0.05, 0) is 47.5 Å². The molecule has 0 saturated heterocycles. The second kappa shape index (κ2) is 6.84. The van der Waals surface area contributed by atoms with Crippen molar-refractivity contribution in [3.05, 3.63) is 59.7 Å². The SMILES string of the molecule is Nc1cc(-c2ccc(C(=O)O)c(O)c2)c(N)cc1-c1ccc(C(=O)O)c(O)c1. The van der Waals surface area contributed by atoms with Gasteiger partial charge in [0.15, 0.2) is 0 Å². The van der Waals surface area contributed by atoms with E-state index in [-0.39, 0.29) is 11.1 Å². The molecule has 0 heterocycles. The smallest absolute Gasteiger partial charge is 0.339 e. The van der Waals surface area contributed by atoms with Gasteiger partial charge < -0.3 is 31.9 Å². The van der Waals surface area contributed by atoms with Gasteiger partial charge in [0.1, 0.15) is 22.6 Å².